The van der Waals surface area contributed by atoms with Crippen molar-refractivity contribution in [1.82, 2.24) is 19.9 Å². The number of aliphatic hydroxyl groups excluding tert-OH is 1. The summed E-state index contributed by atoms with van der Waals surface area (Å²) in [4.78, 5) is 22.4. The minimum absolute atomic E-state index is 0.0329. The van der Waals surface area contributed by atoms with Crippen molar-refractivity contribution >= 4 is 34.2 Å². The van der Waals surface area contributed by atoms with Crippen molar-refractivity contribution in [3.05, 3.63) is 28.9 Å². The molecular weight excluding hydrogens is 472 g/mol. The average molecular weight is 501 g/mol. The number of rotatable bonds is 5. The molecule has 2 bridgehead atoms. The smallest absolute Gasteiger partial charge is 0.228 e. The third-order valence-corrected chi connectivity index (χ3v) is 10.7. The van der Waals surface area contributed by atoms with Gasteiger partial charge in [0, 0.05) is 41.6 Å². The van der Waals surface area contributed by atoms with Gasteiger partial charge in [0.1, 0.15) is 16.5 Å². The van der Waals surface area contributed by atoms with Crippen LogP contribution in [0.4, 0.5) is 11.8 Å². The molecule has 2 aromatic heterocycles. The summed E-state index contributed by atoms with van der Waals surface area (Å²) in [5.41, 5.74) is 0.614. The predicted molar refractivity (Wildman–Crippen MR) is 130 cm³/mol. The van der Waals surface area contributed by atoms with Crippen LogP contribution in [0, 0.1) is 0 Å². The van der Waals surface area contributed by atoms with E-state index in [0.717, 1.165) is 80.1 Å². The second-order valence-electron chi connectivity index (χ2n) is 11.0. The first-order chi connectivity index (χ1) is 16.5. The van der Waals surface area contributed by atoms with Crippen molar-refractivity contribution in [2.24, 2.45) is 0 Å². The zero-order valence-corrected chi connectivity index (χ0v) is 20.6. The number of aliphatic hydroxyl groups is 1. The lowest BCUT2D eigenvalue weighted by Crippen LogP contribution is -2.49. The summed E-state index contributed by atoms with van der Waals surface area (Å²) < 4.78 is 13.2. The van der Waals surface area contributed by atoms with E-state index in [1.807, 2.05) is 0 Å². The Morgan fingerprint density at radius 2 is 1.82 bits per heavy atom. The molecule has 10 heteroatoms. The molecule has 0 aromatic carbocycles. The number of anilines is 2. The predicted octanol–water partition coefficient (Wildman–Crippen LogP) is 3.31. The Balaban J connectivity index is 1.25. The zero-order chi connectivity index (χ0) is 23.1. The SMILES string of the molecule is O=S1CC2(CC2)c2nc(N3C4CCC3CC(c3ncc(Cl)cn3)C4)nc(NC3(CO)CCC3)c21. The second kappa shape index (κ2) is 7.58. The molecule has 180 valence electrons. The number of hydrogen-bond acceptors (Lipinski definition) is 8. The minimum Gasteiger partial charge on any atom is -0.394 e. The van der Waals surface area contributed by atoms with Crippen LogP contribution in [0.1, 0.15) is 75.2 Å². The number of halogens is 1. The first-order valence-corrected chi connectivity index (χ1v) is 14.1. The molecule has 2 aromatic rings. The highest BCUT2D eigenvalue weighted by Crippen LogP contribution is 2.56. The molecule has 2 saturated heterocycles. The molecule has 0 amide bonds. The van der Waals surface area contributed by atoms with Crippen LogP contribution in [0.2, 0.25) is 5.02 Å². The number of nitrogens with zero attached hydrogens (tertiary/aromatic N) is 5. The lowest BCUT2D eigenvalue weighted by molar-refractivity contribution is 0.143. The highest BCUT2D eigenvalue weighted by atomic mass is 35.5. The zero-order valence-electron chi connectivity index (χ0n) is 19.0. The van der Waals surface area contributed by atoms with Crippen LogP contribution >= 0.6 is 11.6 Å². The molecule has 7 rings (SSSR count). The highest BCUT2D eigenvalue weighted by molar-refractivity contribution is 7.85. The molecule has 2 saturated carbocycles. The van der Waals surface area contributed by atoms with E-state index in [9.17, 15) is 9.32 Å². The summed E-state index contributed by atoms with van der Waals surface area (Å²) in [5.74, 6) is 3.30. The van der Waals surface area contributed by atoms with E-state index in [2.05, 4.69) is 20.2 Å². The van der Waals surface area contributed by atoms with Crippen LogP contribution in [0.25, 0.3) is 0 Å². The monoisotopic (exact) mass is 500 g/mol. The number of fused-ring (bicyclic) bond motifs is 4. The van der Waals surface area contributed by atoms with Gasteiger partial charge in [-0.2, -0.15) is 4.98 Å². The molecule has 3 atom stereocenters. The van der Waals surface area contributed by atoms with Crippen molar-refractivity contribution in [3.63, 3.8) is 0 Å². The first kappa shape index (κ1) is 21.4. The van der Waals surface area contributed by atoms with E-state index in [0.29, 0.717) is 34.6 Å². The van der Waals surface area contributed by atoms with Crippen LogP contribution in [0.5, 0.6) is 0 Å². The molecule has 2 aliphatic carbocycles. The van der Waals surface area contributed by atoms with Gasteiger partial charge in [-0.1, -0.05) is 11.6 Å². The van der Waals surface area contributed by atoms with Crippen molar-refractivity contribution in [2.75, 3.05) is 22.6 Å². The Kier molecular flexibility index (Phi) is 4.78. The average Bonchev–Trinajstić information content (AvgIpc) is 3.46. The fourth-order valence-corrected chi connectivity index (χ4v) is 8.52. The standard InChI is InChI=1S/C24H29ClN6O2S/c25-15-10-26-20(27-11-15)14-8-16-2-3-17(9-14)31(16)22-28-19-18(34(33)13-23(19)6-7-23)21(29-22)30-24(12-32)4-1-5-24/h10-11,14,16-17,32H,1-9,12-13H2,(H,28,29,30). The molecule has 2 N–H and O–H groups in total. The Bertz CT molecular complexity index is 1150. The maximum absolute atomic E-state index is 13.2. The Labute approximate surface area is 206 Å². The third kappa shape index (κ3) is 3.23. The number of nitrogens with one attached hydrogen (secondary N) is 1. The maximum Gasteiger partial charge on any atom is 0.228 e. The molecule has 0 radical (unpaired) electrons. The summed E-state index contributed by atoms with van der Waals surface area (Å²) in [6.07, 6.45) is 12.5. The van der Waals surface area contributed by atoms with Gasteiger partial charge >= 0.3 is 0 Å². The summed E-state index contributed by atoms with van der Waals surface area (Å²) >= 11 is 6.00. The quantitative estimate of drug-likeness (QED) is 0.644. The van der Waals surface area contributed by atoms with Crippen molar-refractivity contribution in [2.45, 2.75) is 91.6 Å². The van der Waals surface area contributed by atoms with E-state index in [-0.39, 0.29) is 17.6 Å². The third-order valence-electron chi connectivity index (χ3n) is 8.81. The van der Waals surface area contributed by atoms with Gasteiger partial charge in [0.2, 0.25) is 5.95 Å². The lowest BCUT2D eigenvalue weighted by Gasteiger charge is -2.42. The van der Waals surface area contributed by atoms with Crippen molar-refractivity contribution in [3.8, 4) is 0 Å². The topological polar surface area (TPSA) is 104 Å². The highest BCUT2D eigenvalue weighted by Gasteiger charge is 2.56. The van der Waals surface area contributed by atoms with Crippen LogP contribution in [0.3, 0.4) is 0 Å². The van der Waals surface area contributed by atoms with E-state index >= 15 is 0 Å². The van der Waals surface area contributed by atoms with Gasteiger partial charge in [-0.25, -0.2) is 15.0 Å². The molecule has 1 spiro atoms. The minimum atomic E-state index is -1.09. The van der Waals surface area contributed by atoms with Gasteiger partial charge in [0.25, 0.3) is 0 Å². The van der Waals surface area contributed by atoms with Gasteiger partial charge < -0.3 is 15.3 Å². The van der Waals surface area contributed by atoms with Crippen molar-refractivity contribution in [1.29, 1.82) is 0 Å². The normalized spacial score (nSPS) is 31.9. The van der Waals surface area contributed by atoms with Crippen LogP contribution < -0.4 is 10.2 Å². The Hall–Kier alpha value is -1.84. The number of aromatic nitrogens is 4. The number of piperidine rings is 1. The van der Waals surface area contributed by atoms with Crippen LogP contribution in [-0.4, -0.2) is 59.2 Å². The fourth-order valence-electron chi connectivity index (χ4n) is 6.56. The molecule has 3 aliphatic heterocycles. The summed E-state index contributed by atoms with van der Waals surface area (Å²) in [6.45, 7) is 0.0661. The Morgan fingerprint density at radius 1 is 1.12 bits per heavy atom. The molecule has 8 nitrogen and oxygen atoms in total. The van der Waals surface area contributed by atoms with E-state index in [1.165, 1.54) is 0 Å². The maximum atomic E-state index is 13.2. The fraction of sp³-hybridized carbons (Fsp3) is 0.667. The van der Waals surface area contributed by atoms with Crippen LogP contribution in [-0.2, 0) is 16.2 Å². The van der Waals surface area contributed by atoms with Gasteiger partial charge in [0.15, 0.2) is 0 Å². The van der Waals surface area contributed by atoms with Crippen LogP contribution in [0.15, 0.2) is 17.3 Å². The molecule has 3 unspecified atom stereocenters. The summed E-state index contributed by atoms with van der Waals surface area (Å²) in [5, 5.41) is 14.2. The Morgan fingerprint density at radius 3 is 2.41 bits per heavy atom. The van der Waals surface area contributed by atoms with E-state index < -0.39 is 10.8 Å². The molecule has 5 heterocycles. The molecule has 4 fully saturated rings. The number of hydrogen-bond donors (Lipinski definition) is 2. The van der Waals surface area contributed by atoms with Gasteiger partial charge in [0.05, 0.1) is 33.7 Å². The van der Waals surface area contributed by atoms with Gasteiger partial charge in [-0.3, -0.25) is 4.21 Å². The molecular formula is C24H29ClN6O2S. The van der Waals surface area contributed by atoms with Crippen molar-refractivity contribution < 1.29 is 9.32 Å². The van der Waals surface area contributed by atoms with E-state index in [1.54, 1.807) is 12.4 Å². The lowest BCUT2D eigenvalue weighted by atomic mass is 9.77. The summed E-state index contributed by atoms with van der Waals surface area (Å²) in [7, 11) is -1.09. The molecule has 5 aliphatic rings. The van der Waals surface area contributed by atoms with Gasteiger partial charge in [-0.05, 0) is 57.8 Å². The summed E-state index contributed by atoms with van der Waals surface area (Å²) in [6, 6.07) is 0.679. The molecule has 34 heavy (non-hydrogen) atoms. The largest absolute Gasteiger partial charge is 0.394 e. The van der Waals surface area contributed by atoms with E-state index in [4.69, 9.17) is 21.6 Å². The first-order valence-electron chi connectivity index (χ1n) is 12.4. The van der Waals surface area contributed by atoms with Gasteiger partial charge in [-0.15, -0.1) is 0 Å². The second-order valence-corrected chi connectivity index (χ2v) is 12.8.